The van der Waals surface area contributed by atoms with Gasteiger partial charge in [-0.3, -0.25) is 4.79 Å². The van der Waals surface area contributed by atoms with Crippen LogP contribution in [0.5, 0.6) is 0 Å². The van der Waals surface area contributed by atoms with Crippen molar-refractivity contribution >= 4 is 17.6 Å². The van der Waals surface area contributed by atoms with Crippen LogP contribution in [-0.4, -0.2) is 61.0 Å². The van der Waals surface area contributed by atoms with Gasteiger partial charge in [0.15, 0.2) is 0 Å². The number of piperidine rings is 1. The molecule has 0 aromatic heterocycles. The molecule has 0 bridgehead atoms. The van der Waals surface area contributed by atoms with Crippen LogP contribution in [-0.2, 0) is 11.3 Å². The minimum absolute atomic E-state index is 0.0784. The standard InChI is InChI=1S/C30H33FN4O2/c31-27-13-7-8-14-28(27)33-15-17-34(18-16-33)29(36)26-19-25(24-11-5-2-6-12-24)21-35(22-26)30(37)32-20-23-9-3-1-4-10-23/h1-14,25-26H,15-22H2,(H,32,37)/t25-,26-/m1/s1. The van der Waals surface area contributed by atoms with E-state index in [1.165, 1.54) is 6.07 Å². The van der Waals surface area contributed by atoms with Gasteiger partial charge in [-0.1, -0.05) is 72.8 Å². The molecule has 0 unspecified atom stereocenters. The summed E-state index contributed by atoms with van der Waals surface area (Å²) >= 11 is 0. The first-order valence-electron chi connectivity index (χ1n) is 13.0. The molecule has 3 aromatic carbocycles. The number of hydrogen-bond donors (Lipinski definition) is 1. The summed E-state index contributed by atoms with van der Waals surface area (Å²) in [5.74, 6) is -0.348. The van der Waals surface area contributed by atoms with Crippen LogP contribution in [0.25, 0.3) is 0 Å². The SMILES string of the molecule is O=C(NCc1ccccc1)N1C[C@H](C(=O)N2CCN(c3ccccc3F)CC2)C[C@@H](c2ccccc2)C1. The van der Waals surface area contributed by atoms with Crippen molar-refractivity contribution in [1.82, 2.24) is 15.1 Å². The molecule has 1 N–H and O–H groups in total. The summed E-state index contributed by atoms with van der Waals surface area (Å²) in [6.45, 7) is 3.68. The van der Waals surface area contributed by atoms with Crippen LogP contribution in [0, 0.1) is 11.7 Å². The Labute approximate surface area is 217 Å². The summed E-state index contributed by atoms with van der Waals surface area (Å²) in [5.41, 5.74) is 2.76. The Morgan fingerprint density at radius 1 is 0.784 bits per heavy atom. The molecule has 37 heavy (non-hydrogen) atoms. The van der Waals surface area contributed by atoms with Crippen molar-refractivity contribution in [2.45, 2.75) is 18.9 Å². The van der Waals surface area contributed by atoms with Gasteiger partial charge >= 0.3 is 6.03 Å². The average molecular weight is 501 g/mol. The fraction of sp³-hybridized carbons (Fsp3) is 0.333. The normalized spacial score (nSPS) is 20.0. The highest BCUT2D eigenvalue weighted by molar-refractivity contribution is 5.81. The zero-order chi connectivity index (χ0) is 25.6. The highest BCUT2D eigenvalue weighted by Gasteiger charge is 2.37. The number of carbonyl (C=O) groups is 2. The van der Waals surface area contributed by atoms with Crippen molar-refractivity contribution in [3.63, 3.8) is 0 Å². The maximum Gasteiger partial charge on any atom is 0.317 e. The van der Waals surface area contributed by atoms with E-state index in [9.17, 15) is 14.0 Å². The second kappa shape index (κ2) is 11.5. The van der Waals surface area contributed by atoms with Crippen LogP contribution in [0.2, 0.25) is 0 Å². The lowest BCUT2D eigenvalue weighted by atomic mass is 9.84. The van der Waals surface area contributed by atoms with Gasteiger partial charge in [0.25, 0.3) is 0 Å². The smallest absolute Gasteiger partial charge is 0.317 e. The van der Waals surface area contributed by atoms with E-state index >= 15 is 0 Å². The van der Waals surface area contributed by atoms with E-state index < -0.39 is 0 Å². The van der Waals surface area contributed by atoms with Crippen molar-refractivity contribution in [3.8, 4) is 0 Å². The van der Waals surface area contributed by atoms with Gasteiger partial charge in [0.1, 0.15) is 5.82 Å². The topological polar surface area (TPSA) is 55.9 Å². The first kappa shape index (κ1) is 24.8. The van der Waals surface area contributed by atoms with E-state index in [4.69, 9.17) is 0 Å². The maximum absolute atomic E-state index is 14.2. The molecule has 192 valence electrons. The van der Waals surface area contributed by atoms with Crippen LogP contribution < -0.4 is 10.2 Å². The fourth-order valence-corrected chi connectivity index (χ4v) is 5.43. The molecule has 0 aliphatic carbocycles. The van der Waals surface area contributed by atoms with Gasteiger partial charge in [-0.05, 0) is 29.7 Å². The molecular weight excluding hydrogens is 467 g/mol. The number of para-hydroxylation sites is 1. The van der Waals surface area contributed by atoms with E-state index in [2.05, 4.69) is 17.4 Å². The minimum Gasteiger partial charge on any atom is -0.366 e. The molecule has 2 heterocycles. The van der Waals surface area contributed by atoms with Crippen molar-refractivity contribution in [2.24, 2.45) is 5.92 Å². The van der Waals surface area contributed by atoms with Crippen LogP contribution in [0.3, 0.4) is 0 Å². The fourth-order valence-electron chi connectivity index (χ4n) is 5.43. The molecule has 0 radical (unpaired) electrons. The number of urea groups is 1. The van der Waals surface area contributed by atoms with Crippen LogP contribution >= 0.6 is 0 Å². The predicted octanol–water partition coefficient (Wildman–Crippen LogP) is 4.49. The summed E-state index contributed by atoms with van der Waals surface area (Å²) in [6, 6.07) is 26.6. The second-order valence-electron chi connectivity index (χ2n) is 9.85. The average Bonchev–Trinajstić information content (AvgIpc) is 2.96. The summed E-state index contributed by atoms with van der Waals surface area (Å²) in [7, 11) is 0. The Bertz CT molecular complexity index is 1200. The van der Waals surface area contributed by atoms with Crippen molar-refractivity contribution in [1.29, 1.82) is 0 Å². The lowest BCUT2D eigenvalue weighted by Crippen LogP contribution is -2.55. The molecule has 2 saturated heterocycles. The highest BCUT2D eigenvalue weighted by Crippen LogP contribution is 2.32. The van der Waals surface area contributed by atoms with Gasteiger partial charge in [0, 0.05) is 51.7 Å². The van der Waals surface area contributed by atoms with E-state index in [1.54, 1.807) is 17.0 Å². The number of amides is 3. The molecule has 0 spiro atoms. The summed E-state index contributed by atoms with van der Waals surface area (Å²) in [6.07, 6.45) is 0.707. The third-order valence-corrected chi connectivity index (χ3v) is 7.43. The number of halogens is 1. The lowest BCUT2D eigenvalue weighted by Gasteiger charge is -2.41. The monoisotopic (exact) mass is 500 g/mol. The molecule has 2 fully saturated rings. The third kappa shape index (κ3) is 5.93. The number of piperazine rings is 1. The van der Waals surface area contributed by atoms with Crippen LogP contribution in [0.1, 0.15) is 23.5 Å². The van der Waals surface area contributed by atoms with Gasteiger partial charge in [0.2, 0.25) is 5.91 Å². The van der Waals surface area contributed by atoms with E-state index in [0.29, 0.717) is 57.9 Å². The van der Waals surface area contributed by atoms with Crippen molar-refractivity contribution < 1.29 is 14.0 Å². The predicted molar refractivity (Wildman–Crippen MR) is 143 cm³/mol. The number of hydrogen-bond acceptors (Lipinski definition) is 3. The Morgan fingerprint density at radius 3 is 2.14 bits per heavy atom. The molecular formula is C30H33FN4O2. The second-order valence-corrected chi connectivity index (χ2v) is 9.85. The molecule has 7 heteroatoms. The Kier molecular flexibility index (Phi) is 7.68. The lowest BCUT2D eigenvalue weighted by molar-refractivity contribution is -0.137. The summed E-state index contributed by atoms with van der Waals surface area (Å²) in [5, 5.41) is 3.03. The van der Waals surface area contributed by atoms with Gasteiger partial charge < -0.3 is 20.0 Å². The van der Waals surface area contributed by atoms with Crippen molar-refractivity contribution in [2.75, 3.05) is 44.2 Å². The molecule has 3 aromatic rings. The molecule has 3 amide bonds. The van der Waals surface area contributed by atoms with Crippen molar-refractivity contribution in [3.05, 3.63) is 102 Å². The number of nitrogens with one attached hydrogen (secondary N) is 1. The molecule has 2 aliphatic rings. The van der Waals surface area contributed by atoms with Gasteiger partial charge in [-0.25, -0.2) is 9.18 Å². The van der Waals surface area contributed by atoms with E-state index in [1.807, 2.05) is 64.4 Å². The van der Waals surface area contributed by atoms with Gasteiger partial charge in [-0.15, -0.1) is 0 Å². The number of likely N-dealkylation sites (tertiary alicyclic amines) is 1. The molecule has 0 saturated carbocycles. The Balaban J connectivity index is 1.26. The zero-order valence-corrected chi connectivity index (χ0v) is 20.9. The highest BCUT2D eigenvalue weighted by atomic mass is 19.1. The summed E-state index contributed by atoms with van der Waals surface area (Å²) in [4.78, 5) is 32.5. The van der Waals surface area contributed by atoms with Gasteiger partial charge in [0.05, 0.1) is 11.6 Å². The largest absolute Gasteiger partial charge is 0.366 e. The van der Waals surface area contributed by atoms with Crippen LogP contribution in [0.15, 0.2) is 84.9 Å². The Hall–Kier alpha value is -3.87. The molecule has 6 nitrogen and oxygen atoms in total. The van der Waals surface area contributed by atoms with E-state index in [-0.39, 0.29) is 29.6 Å². The quantitative estimate of drug-likeness (QED) is 0.562. The number of anilines is 1. The third-order valence-electron chi connectivity index (χ3n) is 7.43. The number of nitrogens with zero attached hydrogens (tertiary/aromatic N) is 3. The van der Waals surface area contributed by atoms with Gasteiger partial charge in [-0.2, -0.15) is 0 Å². The van der Waals surface area contributed by atoms with E-state index in [0.717, 1.165) is 11.1 Å². The molecule has 2 atom stereocenters. The Morgan fingerprint density at radius 2 is 1.43 bits per heavy atom. The summed E-state index contributed by atoms with van der Waals surface area (Å²) < 4.78 is 14.2. The number of rotatable bonds is 5. The van der Waals surface area contributed by atoms with Crippen LogP contribution in [0.4, 0.5) is 14.9 Å². The first-order chi connectivity index (χ1) is 18.1. The number of carbonyl (C=O) groups excluding carboxylic acids is 2. The molecule has 2 aliphatic heterocycles. The first-order valence-corrected chi connectivity index (χ1v) is 13.0. The molecule has 5 rings (SSSR count). The number of benzene rings is 3. The maximum atomic E-state index is 14.2. The minimum atomic E-state index is -0.276. The zero-order valence-electron chi connectivity index (χ0n) is 20.9.